The molecule has 1 aromatic heterocycles. The second-order valence-electron chi connectivity index (χ2n) is 5.35. The van der Waals surface area contributed by atoms with E-state index in [1.165, 1.54) is 22.0 Å². The van der Waals surface area contributed by atoms with Crippen molar-refractivity contribution < 1.29 is 4.74 Å². The third-order valence-corrected chi connectivity index (χ3v) is 3.22. The summed E-state index contributed by atoms with van der Waals surface area (Å²) in [5.74, 6) is 0. The van der Waals surface area contributed by atoms with Crippen molar-refractivity contribution in [2.75, 3.05) is 6.61 Å². The zero-order valence-corrected chi connectivity index (χ0v) is 11.4. The van der Waals surface area contributed by atoms with Crippen LogP contribution in [0.2, 0.25) is 0 Å². The molecule has 1 heterocycles. The average Bonchev–Trinajstić information content (AvgIpc) is 2.71. The minimum absolute atomic E-state index is 0.174. The number of fused-ring (bicyclic) bond motifs is 1. The molecule has 1 aromatic carbocycles. The highest BCUT2D eigenvalue weighted by Gasteiger charge is 2.20. The van der Waals surface area contributed by atoms with Crippen LogP contribution in [0, 0.1) is 6.92 Å². The van der Waals surface area contributed by atoms with Crippen molar-refractivity contribution in [2.45, 2.75) is 32.8 Å². The van der Waals surface area contributed by atoms with Crippen molar-refractivity contribution >= 4 is 10.9 Å². The molecule has 2 heteroatoms. The minimum Gasteiger partial charge on any atom is -0.371 e. The predicted molar refractivity (Wildman–Crippen MR) is 77.0 cm³/mol. The number of aromatic amines is 1. The SMILES string of the molecule is C=CCOC(C)(C)Cc1c[nH]c2c(C)cccc12. The smallest absolute Gasteiger partial charge is 0.0671 e. The van der Waals surface area contributed by atoms with E-state index >= 15 is 0 Å². The van der Waals surface area contributed by atoms with Gasteiger partial charge in [0.05, 0.1) is 12.2 Å². The largest absolute Gasteiger partial charge is 0.371 e. The van der Waals surface area contributed by atoms with Crippen molar-refractivity contribution in [1.29, 1.82) is 0 Å². The minimum atomic E-state index is -0.174. The van der Waals surface area contributed by atoms with E-state index in [2.05, 4.69) is 56.7 Å². The Labute approximate surface area is 109 Å². The fourth-order valence-corrected chi connectivity index (χ4v) is 2.30. The normalized spacial score (nSPS) is 11.9. The van der Waals surface area contributed by atoms with Crippen molar-refractivity contribution in [2.24, 2.45) is 0 Å². The molecule has 18 heavy (non-hydrogen) atoms. The summed E-state index contributed by atoms with van der Waals surface area (Å²) < 4.78 is 5.80. The Morgan fingerprint density at radius 2 is 2.17 bits per heavy atom. The predicted octanol–water partition coefficient (Wildman–Crippen LogP) is 4.00. The van der Waals surface area contributed by atoms with Gasteiger partial charge in [0, 0.05) is 23.5 Å². The van der Waals surface area contributed by atoms with Crippen molar-refractivity contribution in [3.8, 4) is 0 Å². The van der Waals surface area contributed by atoms with Crippen LogP contribution in [0.1, 0.15) is 25.0 Å². The lowest BCUT2D eigenvalue weighted by atomic mass is 9.97. The van der Waals surface area contributed by atoms with Crippen LogP contribution in [0.5, 0.6) is 0 Å². The molecule has 0 unspecified atom stereocenters. The number of H-pyrrole nitrogens is 1. The Bertz CT molecular complexity index is 551. The third kappa shape index (κ3) is 2.65. The first-order valence-electron chi connectivity index (χ1n) is 6.34. The molecule has 0 saturated heterocycles. The summed E-state index contributed by atoms with van der Waals surface area (Å²) in [6.07, 6.45) is 4.78. The second-order valence-corrected chi connectivity index (χ2v) is 5.35. The average molecular weight is 243 g/mol. The van der Waals surface area contributed by atoms with Crippen LogP contribution in [0.25, 0.3) is 10.9 Å². The maximum Gasteiger partial charge on any atom is 0.0671 e. The van der Waals surface area contributed by atoms with Crippen LogP contribution in [0.3, 0.4) is 0 Å². The Balaban J connectivity index is 2.27. The van der Waals surface area contributed by atoms with Crippen LogP contribution in [0.15, 0.2) is 37.1 Å². The Morgan fingerprint density at radius 1 is 1.39 bits per heavy atom. The second kappa shape index (κ2) is 4.99. The molecule has 0 radical (unpaired) electrons. The number of benzene rings is 1. The lowest BCUT2D eigenvalue weighted by molar-refractivity contribution is 0.000110. The van der Waals surface area contributed by atoms with E-state index in [9.17, 15) is 0 Å². The summed E-state index contributed by atoms with van der Waals surface area (Å²) in [7, 11) is 0. The van der Waals surface area contributed by atoms with Gasteiger partial charge in [-0.2, -0.15) is 0 Å². The molecule has 0 aliphatic heterocycles. The number of para-hydroxylation sites is 1. The number of hydrogen-bond acceptors (Lipinski definition) is 1. The van der Waals surface area contributed by atoms with Gasteiger partial charge in [-0.25, -0.2) is 0 Å². The molecule has 0 aliphatic carbocycles. The number of nitrogens with one attached hydrogen (secondary N) is 1. The van der Waals surface area contributed by atoms with Gasteiger partial charge >= 0.3 is 0 Å². The van der Waals surface area contributed by atoms with Crippen LogP contribution in [-0.2, 0) is 11.2 Å². The molecular weight excluding hydrogens is 222 g/mol. The topological polar surface area (TPSA) is 25.0 Å². The van der Waals surface area contributed by atoms with E-state index in [4.69, 9.17) is 4.74 Å². The molecule has 0 spiro atoms. The van der Waals surface area contributed by atoms with E-state index in [0.717, 1.165) is 6.42 Å². The summed E-state index contributed by atoms with van der Waals surface area (Å²) in [4.78, 5) is 3.36. The van der Waals surface area contributed by atoms with Crippen LogP contribution >= 0.6 is 0 Å². The highest BCUT2D eigenvalue weighted by atomic mass is 16.5. The van der Waals surface area contributed by atoms with E-state index < -0.39 is 0 Å². The van der Waals surface area contributed by atoms with Crippen molar-refractivity contribution in [3.05, 3.63) is 48.2 Å². The quantitative estimate of drug-likeness (QED) is 0.789. The number of ether oxygens (including phenoxy) is 1. The fourth-order valence-electron chi connectivity index (χ4n) is 2.30. The van der Waals surface area contributed by atoms with Gasteiger partial charge in [0.1, 0.15) is 0 Å². The molecule has 2 aromatic rings. The summed E-state index contributed by atoms with van der Waals surface area (Å²) >= 11 is 0. The molecule has 0 atom stereocenters. The standard InChI is InChI=1S/C16H21NO/c1-5-9-18-16(3,4)10-13-11-17-15-12(2)7-6-8-14(13)15/h5-8,11,17H,1,9-10H2,2-4H3. The Morgan fingerprint density at radius 3 is 2.89 bits per heavy atom. The molecule has 0 saturated carbocycles. The maximum atomic E-state index is 5.80. The van der Waals surface area contributed by atoms with E-state index in [1.54, 1.807) is 6.08 Å². The van der Waals surface area contributed by atoms with Gasteiger partial charge in [0.2, 0.25) is 0 Å². The lowest BCUT2D eigenvalue weighted by Gasteiger charge is -2.24. The van der Waals surface area contributed by atoms with Gasteiger partial charge in [0.15, 0.2) is 0 Å². The van der Waals surface area contributed by atoms with E-state index in [0.29, 0.717) is 6.61 Å². The number of hydrogen-bond donors (Lipinski definition) is 1. The van der Waals surface area contributed by atoms with Gasteiger partial charge in [-0.15, -0.1) is 6.58 Å². The summed E-state index contributed by atoms with van der Waals surface area (Å²) in [5, 5.41) is 1.30. The summed E-state index contributed by atoms with van der Waals surface area (Å²) in [6, 6.07) is 6.40. The van der Waals surface area contributed by atoms with E-state index in [-0.39, 0.29) is 5.60 Å². The van der Waals surface area contributed by atoms with Crippen LogP contribution in [0.4, 0.5) is 0 Å². The first-order valence-corrected chi connectivity index (χ1v) is 6.34. The summed E-state index contributed by atoms with van der Waals surface area (Å²) in [6.45, 7) is 10.6. The zero-order valence-electron chi connectivity index (χ0n) is 11.4. The molecule has 0 amide bonds. The molecule has 0 aliphatic rings. The number of aromatic nitrogens is 1. The van der Waals surface area contributed by atoms with Gasteiger partial charge < -0.3 is 9.72 Å². The highest BCUT2D eigenvalue weighted by Crippen LogP contribution is 2.26. The van der Waals surface area contributed by atoms with Crippen LogP contribution in [-0.4, -0.2) is 17.2 Å². The van der Waals surface area contributed by atoms with Gasteiger partial charge in [-0.1, -0.05) is 24.3 Å². The van der Waals surface area contributed by atoms with Gasteiger partial charge in [-0.3, -0.25) is 0 Å². The first-order chi connectivity index (χ1) is 8.53. The molecular formula is C16H21NO. The molecule has 1 N–H and O–H groups in total. The van der Waals surface area contributed by atoms with Crippen LogP contribution < -0.4 is 0 Å². The van der Waals surface area contributed by atoms with Crippen molar-refractivity contribution in [3.63, 3.8) is 0 Å². The van der Waals surface area contributed by atoms with Gasteiger partial charge in [-0.05, 0) is 31.9 Å². The monoisotopic (exact) mass is 243 g/mol. The molecule has 2 nitrogen and oxygen atoms in total. The maximum absolute atomic E-state index is 5.80. The third-order valence-electron chi connectivity index (χ3n) is 3.22. The first kappa shape index (κ1) is 12.9. The van der Waals surface area contributed by atoms with Gasteiger partial charge in [0.25, 0.3) is 0 Å². The highest BCUT2D eigenvalue weighted by molar-refractivity contribution is 5.85. The van der Waals surface area contributed by atoms with Crippen molar-refractivity contribution in [1.82, 2.24) is 4.98 Å². The zero-order chi connectivity index (χ0) is 13.2. The summed E-state index contributed by atoms with van der Waals surface area (Å²) in [5.41, 5.74) is 3.64. The Hall–Kier alpha value is -1.54. The molecule has 0 fully saturated rings. The Kier molecular flexibility index (Phi) is 3.58. The molecule has 96 valence electrons. The lowest BCUT2D eigenvalue weighted by Crippen LogP contribution is -2.27. The molecule has 0 bridgehead atoms. The number of rotatable bonds is 5. The number of aryl methyl sites for hydroxylation is 1. The molecule has 2 rings (SSSR count). The van der Waals surface area contributed by atoms with E-state index in [1.807, 2.05) is 0 Å². The fraction of sp³-hybridized carbons (Fsp3) is 0.375.